The van der Waals surface area contributed by atoms with Gasteiger partial charge in [0.1, 0.15) is 0 Å². The molecule has 0 saturated carbocycles. The van der Waals surface area contributed by atoms with Crippen LogP contribution in [0.1, 0.15) is 77.5 Å². The molecule has 6 nitrogen and oxygen atoms in total. The van der Waals surface area contributed by atoms with Crippen LogP contribution in [0.2, 0.25) is 0 Å². The predicted molar refractivity (Wildman–Crippen MR) is 135 cm³/mol. The fourth-order valence-corrected chi connectivity index (χ4v) is 3.42. The third-order valence-corrected chi connectivity index (χ3v) is 5.40. The van der Waals surface area contributed by atoms with Gasteiger partial charge in [0.25, 0.3) is 0 Å². The van der Waals surface area contributed by atoms with Crippen molar-refractivity contribution in [1.29, 1.82) is 0 Å². The Balaban J connectivity index is 0.000000636. The zero-order chi connectivity index (χ0) is 23.3. The summed E-state index contributed by atoms with van der Waals surface area (Å²) in [6.45, 7) is 15.2. The van der Waals surface area contributed by atoms with Gasteiger partial charge in [0.15, 0.2) is 5.91 Å². The summed E-state index contributed by atoms with van der Waals surface area (Å²) in [5, 5.41) is 5.62. The van der Waals surface area contributed by atoms with Gasteiger partial charge in [-0.2, -0.15) is 0 Å². The SMILES string of the molecule is C1CCOCC1.O=C1CCCN1.[CH2-]c1[nH]c(CC)c(C(=O)NCc2ccc(C)cc2)c1[CH2-].[CH3-].[K+]. The van der Waals surface area contributed by atoms with E-state index in [4.69, 9.17) is 4.74 Å². The number of H-pyrrole nitrogens is 1. The summed E-state index contributed by atoms with van der Waals surface area (Å²) >= 11 is 0. The van der Waals surface area contributed by atoms with E-state index in [2.05, 4.69) is 29.5 Å². The number of hydrogen-bond donors (Lipinski definition) is 3. The number of rotatable bonds is 4. The van der Waals surface area contributed by atoms with E-state index in [1.54, 1.807) is 0 Å². The van der Waals surface area contributed by atoms with Gasteiger partial charge in [0, 0.05) is 32.7 Å². The van der Waals surface area contributed by atoms with E-state index in [0.717, 1.165) is 50.3 Å². The quantitative estimate of drug-likeness (QED) is 0.448. The van der Waals surface area contributed by atoms with Crippen LogP contribution in [0.3, 0.4) is 0 Å². The van der Waals surface area contributed by atoms with Crippen molar-refractivity contribution in [1.82, 2.24) is 15.6 Å². The Bertz CT molecular complexity index is 839. The van der Waals surface area contributed by atoms with Crippen LogP contribution in [0.4, 0.5) is 0 Å². The molecule has 34 heavy (non-hydrogen) atoms. The normalized spacial score (nSPS) is 14.1. The van der Waals surface area contributed by atoms with Crippen LogP contribution in [0.15, 0.2) is 24.3 Å². The molecule has 2 fully saturated rings. The van der Waals surface area contributed by atoms with Gasteiger partial charge in [-0.05, 0) is 44.6 Å². The summed E-state index contributed by atoms with van der Waals surface area (Å²) in [5.74, 6) is 0.105. The molecule has 0 atom stereocenters. The number of nitrogens with one attached hydrogen (secondary N) is 3. The van der Waals surface area contributed by atoms with E-state index in [9.17, 15) is 9.59 Å². The number of carbonyl (C=O) groups is 2. The van der Waals surface area contributed by atoms with Crippen molar-refractivity contribution in [3.05, 3.63) is 79.2 Å². The average Bonchev–Trinajstić information content (AvgIpc) is 3.41. The summed E-state index contributed by atoms with van der Waals surface area (Å²) in [6, 6.07) is 8.11. The third-order valence-electron chi connectivity index (χ3n) is 5.40. The van der Waals surface area contributed by atoms with Crippen LogP contribution in [0.5, 0.6) is 0 Å². The van der Waals surface area contributed by atoms with E-state index < -0.39 is 0 Å². The Morgan fingerprint density at radius 1 is 1.09 bits per heavy atom. The fraction of sp³-hybridized carbons (Fsp3) is 0.444. The average molecular weight is 494 g/mol. The number of ether oxygens (including phenoxy) is 1. The van der Waals surface area contributed by atoms with E-state index in [0.29, 0.717) is 23.4 Å². The monoisotopic (exact) mass is 493 g/mol. The number of aryl methyl sites for hydroxylation is 2. The van der Waals surface area contributed by atoms with Crippen LogP contribution in [-0.4, -0.2) is 36.6 Å². The van der Waals surface area contributed by atoms with Crippen molar-refractivity contribution in [3.8, 4) is 0 Å². The molecule has 7 heteroatoms. The molecule has 0 aliphatic carbocycles. The number of carbonyl (C=O) groups excluding carboxylic acids is 2. The number of hydrogen-bond acceptors (Lipinski definition) is 3. The van der Waals surface area contributed by atoms with Crippen molar-refractivity contribution >= 4 is 11.8 Å². The van der Waals surface area contributed by atoms with Crippen LogP contribution in [0, 0.1) is 28.2 Å². The van der Waals surface area contributed by atoms with Gasteiger partial charge in [-0.3, -0.25) is 23.4 Å². The molecule has 2 aliphatic rings. The number of aromatic amines is 1. The number of benzene rings is 1. The molecule has 2 saturated heterocycles. The van der Waals surface area contributed by atoms with Crippen molar-refractivity contribution in [2.45, 2.75) is 58.9 Å². The van der Waals surface area contributed by atoms with E-state index >= 15 is 0 Å². The molecule has 184 valence electrons. The Morgan fingerprint density at radius 3 is 2.15 bits per heavy atom. The molecule has 2 aromatic rings. The zero-order valence-corrected chi connectivity index (χ0v) is 24.6. The van der Waals surface area contributed by atoms with Crippen LogP contribution < -0.4 is 62.0 Å². The first-order valence-electron chi connectivity index (χ1n) is 11.5. The number of aromatic nitrogens is 1. The van der Waals surface area contributed by atoms with Gasteiger partial charge in [-0.25, -0.2) is 5.69 Å². The van der Waals surface area contributed by atoms with Gasteiger partial charge in [-0.1, -0.05) is 42.4 Å². The standard InChI is InChI=1S/C17H20N2O.C5H10O.C4H7NO.CH3.K/c1-5-15-16(12(3)13(4)19-15)17(20)18-10-14-8-6-11(2)7-9-14;1-2-4-6-5-3-1;6-4-2-1-3-5-4;;/h6-9,19H,3-5,10H2,1-2H3,(H,18,20);1-5H2;1-3H2,(H,5,6);1H3;/q-2;;;-1;+1. The van der Waals surface area contributed by atoms with E-state index in [1.807, 2.05) is 38.1 Å². The zero-order valence-electron chi connectivity index (χ0n) is 21.5. The summed E-state index contributed by atoms with van der Waals surface area (Å²) in [7, 11) is 0. The Hall–Kier alpha value is -1.22. The second-order valence-electron chi connectivity index (χ2n) is 8.08. The molecule has 0 unspecified atom stereocenters. The van der Waals surface area contributed by atoms with Crippen LogP contribution in [0.25, 0.3) is 0 Å². The fourth-order valence-electron chi connectivity index (χ4n) is 3.42. The Kier molecular flexibility index (Phi) is 17.5. The van der Waals surface area contributed by atoms with E-state index in [-0.39, 0.29) is 70.6 Å². The molecule has 0 bridgehead atoms. The minimum atomic E-state index is -0.0985. The second kappa shape index (κ2) is 18.1. The topological polar surface area (TPSA) is 83.2 Å². The molecule has 3 heterocycles. The molecule has 0 spiro atoms. The third kappa shape index (κ3) is 11.5. The summed E-state index contributed by atoms with van der Waals surface area (Å²) in [5.41, 5.74) is 5.20. The maximum absolute atomic E-state index is 12.3. The summed E-state index contributed by atoms with van der Waals surface area (Å²) in [6.07, 6.45) is 6.45. The molecular weight excluding hydrogens is 453 g/mol. The maximum Gasteiger partial charge on any atom is 1.00 e. The Morgan fingerprint density at radius 2 is 1.74 bits per heavy atom. The molecule has 2 aliphatic heterocycles. The molecule has 1 aromatic heterocycles. The molecule has 2 amide bonds. The van der Waals surface area contributed by atoms with Gasteiger partial charge in [0.2, 0.25) is 5.91 Å². The van der Waals surface area contributed by atoms with Crippen LogP contribution >= 0.6 is 0 Å². The first-order valence-corrected chi connectivity index (χ1v) is 11.5. The minimum Gasteiger partial charge on any atom is -0.456 e. The smallest absolute Gasteiger partial charge is 0.456 e. The molecule has 3 N–H and O–H groups in total. The first-order chi connectivity index (χ1) is 15.4. The van der Waals surface area contributed by atoms with Crippen molar-refractivity contribution in [3.63, 3.8) is 0 Å². The van der Waals surface area contributed by atoms with E-state index in [1.165, 1.54) is 24.8 Å². The first kappa shape index (κ1) is 32.8. The molecular formula is C27H40KN3O3-2. The van der Waals surface area contributed by atoms with Gasteiger partial charge >= 0.3 is 51.4 Å². The number of amides is 2. The van der Waals surface area contributed by atoms with Gasteiger partial charge in [0.05, 0.1) is 0 Å². The summed E-state index contributed by atoms with van der Waals surface area (Å²) < 4.78 is 5.07. The molecule has 4 rings (SSSR count). The second-order valence-corrected chi connectivity index (χ2v) is 8.08. The maximum atomic E-state index is 12.3. The minimum absolute atomic E-state index is 0. The van der Waals surface area contributed by atoms with Crippen molar-refractivity contribution in [2.75, 3.05) is 19.8 Å². The van der Waals surface area contributed by atoms with Crippen molar-refractivity contribution < 1.29 is 65.7 Å². The van der Waals surface area contributed by atoms with Crippen LogP contribution in [-0.2, 0) is 22.5 Å². The largest absolute Gasteiger partial charge is 1.00 e. The van der Waals surface area contributed by atoms with Gasteiger partial charge in [-0.15, -0.1) is 5.56 Å². The summed E-state index contributed by atoms with van der Waals surface area (Å²) in [4.78, 5) is 25.5. The predicted octanol–water partition coefficient (Wildman–Crippen LogP) is 1.72. The molecule has 0 radical (unpaired) electrons. The molecule has 1 aromatic carbocycles. The van der Waals surface area contributed by atoms with Crippen molar-refractivity contribution in [2.24, 2.45) is 0 Å². The van der Waals surface area contributed by atoms with Gasteiger partial charge < -0.3 is 33.3 Å². The Labute approximate surface area is 248 Å².